The lowest BCUT2D eigenvalue weighted by molar-refractivity contribution is -0.0481. The molecule has 1 aliphatic heterocycles. The number of hydrogen-bond acceptors (Lipinski definition) is 3. The second-order valence-electron chi connectivity index (χ2n) is 12.6. The maximum absolute atomic E-state index is 6.21. The highest BCUT2D eigenvalue weighted by Gasteiger charge is 2.28. The molecule has 250 valence electrons. The number of nitrogens with one attached hydrogen (secondary N) is 1. The van der Waals surface area contributed by atoms with E-state index in [-0.39, 0.29) is 12.2 Å². The molecule has 1 fully saturated rings. The smallest absolute Gasteiger partial charge is 0.0973 e. The van der Waals surface area contributed by atoms with Gasteiger partial charge in [0.15, 0.2) is 0 Å². The molecule has 0 saturated carbocycles. The van der Waals surface area contributed by atoms with E-state index >= 15 is 0 Å². The summed E-state index contributed by atoms with van der Waals surface area (Å²) in [6.45, 7) is 8.17. The Morgan fingerprint density at radius 1 is 0.419 bits per heavy atom. The second kappa shape index (κ2) is 33.7. The molecule has 0 aromatic carbocycles. The molecule has 1 unspecified atom stereocenters. The fourth-order valence-corrected chi connectivity index (χ4v) is 5.61. The summed E-state index contributed by atoms with van der Waals surface area (Å²) < 4.78 is 12.4. The van der Waals surface area contributed by atoms with Crippen LogP contribution in [0.15, 0.2) is 48.6 Å². The average Bonchev–Trinajstić information content (AvgIpc) is 3.47. The second-order valence-corrected chi connectivity index (χ2v) is 12.6. The molecule has 3 nitrogen and oxygen atoms in total. The van der Waals surface area contributed by atoms with Gasteiger partial charge < -0.3 is 14.8 Å². The predicted molar refractivity (Wildman–Crippen MR) is 191 cm³/mol. The van der Waals surface area contributed by atoms with Gasteiger partial charge in [0.05, 0.1) is 12.2 Å². The summed E-state index contributed by atoms with van der Waals surface area (Å²) in [5.74, 6) is 0. The minimum Gasteiger partial charge on any atom is -0.374 e. The van der Waals surface area contributed by atoms with Crippen LogP contribution in [0.2, 0.25) is 0 Å². The first-order valence-corrected chi connectivity index (χ1v) is 18.9. The van der Waals surface area contributed by atoms with E-state index < -0.39 is 0 Å². The highest BCUT2D eigenvalue weighted by Crippen LogP contribution is 2.14. The lowest BCUT2D eigenvalue weighted by Crippen LogP contribution is -2.30. The van der Waals surface area contributed by atoms with Crippen molar-refractivity contribution in [1.82, 2.24) is 5.32 Å². The summed E-state index contributed by atoms with van der Waals surface area (Å²) in [4.78, 5) is 0. The van der Waals surface area contributed by atoms with Gasteiger partial charge in [-0.05, 0) is 77.0 Å². The van der Waals surface area contributed by atoms with Crippen LogP contribution >= 0.6 is 0 Å². The predicted octanol–water partition coefficient (Wildman–Crippen LogP) is 12.0. The Morgan fingerprint density at radius 2 is 0.744 bits per heavy atom. The maximum atomic E-state index is 6.21. The molecule has 1 N–H and O–H groups in total. The van der Waals surface area contributed by atoms with Crippen LogP contribution in [0.4, 0.5) is 0 Å². The van der Waals surface area contributed by atoms with Gasteiger partial charge in [0.2, 0.25) is 0 Å². The lowest BCUT2D eigenvalue weighted by atomic mass is 10.1. The van der Waals surface area contributed by atoms with Crippen molar-refractivity contribution in [2.45, 2.75) is 180 Å². The third-order valence-corrected chi connectivity index (χ3v) is 8.46. The van der Waals surface area contributed by atoms with Crippen LogP contribution in [0, 0.1) is 0 Å². The molecule has 2 atom stereocenters. The zero-order chi connectivity index (χ0) is 30.7. The number of allylic oxidation sites excluding steroid dienone is 8. The van der Waals surface area contributed by atoms with Gasteiger partial charge in [-0.25, -0.2) is 0 Å². The minimum atomic E-state index is 0.238. The van der Waals surface area contributed by atoms with Crippen molar-refractivity contribution in [3.05, 3.63) is 48.6 Å². The van der Waals surface area contributed by atoms with Crippen molar-refractivity contribution in [2.24, 2.45) is 0 Å². The van der Waals surface area contributed by atoms with Crippen LogP contribution < -0.4 is 5.32 Å². The van der Waals surface area contributed by atoms with Crippen LogP contribution in [0.1, 0.15) is 168 Å². The number of hydrogen-bond donors (Lipinski definition) is 1. The van der Waals surface area contributed by atoms with Gasteiger partial charge in [0, 0.05) is 26.3 Å². The van der Waals surface area contributed by atoms with Crippen molar-refractivity contribution in [3.63, 3.8) is 0 Å². The third-order valence-electron chi connectivity index (χ3n) is 8.46. The van der Waals surface area contributed by atoms with Crippen molar-refractivity contribution < 1.29 is 9.47 Å². The maximum Gasteiger partial charge on any atom is 0.0973 e. The van der Waals surface area contributed by atoms with E-state index in [4.69, 9.17) is 9.47 Å². The quantitative estimate of drug-likeness (QED) is 0.0616. The molecule has 3 heteroatoms. The van der Waals surface area contributed by atoms with Gasteiger partial charge in [-0.15, -0.1) is 0 Å². The van der Waals surface area contributed by atoms with Crippen molar-refractivity contribution >= 4 is 0 Å². The van der Waals surface area contributed by atoms with Gasteiger partial charge in [-0.1, -0.05) is 140 Å². The molecule has 0 bridgehead atoms. The van der Waals surface area contributed by atoms with E-state index in [2.05, 4.69) is 67.8 Å². The van der Waals surface area contributed by atoms with Crippen molar-refractivity contribution in [1.29, 1.82) is 0 Å². The zero-order valence-electron chi connectivity index (χ0n) is 28.9. The monoisotopic (exact) mass is 600 g/mol. The van der Waals surface area contributed by atoms with E-state index in [1.54, 1.807) is 0 Å². The Balaban J connectivity index is 1.85. The molecular weight excluding hydrogens is 526 g/mol. The van der Waals surface area contributed by atoms with Crippen molar-refractivity contribution in [3.8, 4) is 0 Å². The molecule has 0 amide bonds. The molecule has 0 radical (unpaired) electrons. The zero-order valence-corrected chi connectivity index (χ0v) is 28.9. The molecule has 0 spiro atoms. The fraction of sp³-hybridized carbons (Fsp3) is 0.800. The Labute approximate surface area is 269 Å². The van der Waals surface area contributed by atoms with Gasteiger partial charge in [-0.2, -0.15) is 0 Å². The number of rotatable bonds is 32. The van der Waals surface area contributed by atoms with Crippen LogP contribution in [0.5, 0.6) is 0 Å². The van der Waals surface area contributed by atoms with Crippen LogP contribution in [-0.2, 0) is 9.47 Å². The Bertz CT molecular complexity index is 611. The SMILES string of the molecule is CCCCC/C=C/C/C=C/CCCCCCCCOC1CNC[C@H]1OCCCCCCCC/C=C/C/C=C/CCCCC. The Hall–Kier alpha value is -1.16. The van der Waals surface area contributed by atoms with E-state index in [1.807, 2.05) is 0 Å². The molecule has 1 aliphatic rings. The molecule has 1 rings (SSSR count). The molecule has 1 saturated heterocycles. The number of ether oxygens (including phenoxy) is 2. The molecule has 43 heavy (non-hydrogen) atoms. The highest BCUT2D eigenvalue weighted by atomic mass is 16.5. The van der Waals surface area contributed by atoms with Crippen molar-refractivity contribution in [2.75, 3.05) is 26.3 Å². The van der Waals surface area contributed by atoms with E-state index in [0.717, 1.165) is 39.1 Å². The third kappa shape index (κ3) is 28.1. The average molecular weight is 600 g/mol. The normalized spacial score (nSPS) is 17.6. The summed E-state index contributed by atoms with van der Waals surface area (Å²) in [7, 11) is 0. The molecule has 0 aromatic heterocycles. The van der Waals surface area contributed by atoms with Crippen LogP contribution in [0.3, 0.4) is 0 Å². The first kappa shape index (κ1) is 39.9. The summed E-state index contributed by atoms with van der Waals surface area (Å²) >= 11 is 0. The summed E-state index contributed by atoms with van der Waals surface area (Å²) in [6.07, 6.45) is 50.1. The van der Waals surface area contributed by atoms with Gasteiger partial charge in [-0.3, -0.25) is 0 Å². The molecule has 0 aromatic rings. The van der Waals surface area contributed by atoms with Gasteiger partial charge in [0.1, 0.15) is 0 Å². The molecular formula is C40H73NO2. The molecule has 1 heterocycles. The summed E-state index contributed by atoms with van der Waals surface area (Å²) in [6, 6.07) is 0. The molecule has 0 aliphatic carbocycles. The van der Waals surface area contributed by atoms with Gasteiger partial charge >= 0.3 is 0 Å². The van der Waals surface area contributed by atoms with Gasteiger partial charge in [0.25, 0.3) is 0 Å². The Morgan fingerprint density at radius 3 is 1.12 bits per heavy atom. The topological polar surface area (TPSA) is 30.5 Å². The van der Waals surface area contributed by atoms with Crippen LogP contribution in [-0.4, -0.2) is 38.5 Å². The Kier molecular flexibility index (Phi) is 31.3. The summed E-state index contributed by atoms with van der Waals surface area (Å²) in [5, 5.41) is 3.47. The number of unbranched alkanes of at least 4 members (excludes halogenated alkanes) is 18. The largest absolute Gasteiger partial charge is 0.374 e. The van der Waals surface area contributed by atoms with E-state index in [9.17, 15) is 0 Å². The standard InChI is InChI=1S/C40H73NO2/c1-3-5-7-9-11-13-15-17-19-21-23-25-27-29-31-33-35-42-39-37-41-38-40(39)43-36-34-32-30-28-26-24-22-20-18-16-14-12-10-8-6-4-2/h11-14,17-20,39-41H,3-10,15-16,21-38H2,1-2H3/b13-11+,14-12+,19-17+,20-18+/t39-,40?/m1/s1. The fourth-order valence-electron chi connectivity index (χ4n) is 5.61. The highest BCUT2D eigenvalue weighted by molar-refractivity contribution is 4.93. The summed E-state index contributed by atoms with van der Waals surface area (Å²) in [5.41, 5.74) is 0. The lowest BCUT2D eigenvalue weighted by Gasteiger charge is -2.20. The minimum absolute atomic E-state index is 0.238. The van der Waals surface area contributed by atoms with E-state index in [1.165, 1.54) is 141 Å². The first-order chi connectivity index (χ1) is 21.4. The first-order valence-electron chi connectivity index (χ1n) is 18.9. The van der Waals surface area contributed by atoms with E-state index in [0.29, 0.717) is 0 Å². The van der Waals surface area contributed by atoms with Crippen LogP contribution in [0.25, 0.3) is 0 Å².